The highest BCUT2D eigenvalue weighted by Crippen LogP contribution is 2.35. The standard InChI is InChI=1S/C22H23N3O3/c1-4-16-12-17(5-2)25(23-16)19-8-6-7-15(11-19)22(26)24(3)18-9-10-20-21(13-18)28-14-27-20/h6-13H,4-5,14H2,1-3H3. The van der Waals surface area contributed by atoms with Crippen LogP contribution >= 0.6 is 0 Å². The summed E-state index contributed by atoms with van der Waals surface area (Å²) in [6, 6.07) is 15.2. The van der Waals surface area contributed by atoms with Gasteiger partial charge in [0.05, 0.1) is 11.4 Å². The van der Waals surface area contributed by atoms with Gasteiger partial charge >= 0.3 is 0 Å². The Hall–Kier alpha value is -3.28. The van der Waals surface area contributed by atoms with E-state index in [0.29, 0.717) is 17.1 Å². The van der Waals surface area contributed by atoms with E-state index in [0.717, 1.165) is 35.6 Å². The van der Waals surface area contributed by atoms with Crippen molar-refractivity contribution in [2.75, 3.05) is 18.7 Å². The van der Waals surface area contributed by atoms with Crippen LogP contribution in [0.25, 0.3) is 5.69 Å². The molecular formula is C22H23N3O3. The lowest BCUT2D eigenvalue weighted by Crippen LogP contribution is -2.26. The number of amides is 1. The van der Waals surface area contributed by atoms with E-state index in [-0.39, 0.29) is 12.7 Å². The molecule has 6 heteroatoms. The number of hydrogen-bond acceptors (Lipinski definition) is 4. The van der Waals surface area contributed by atoms with Gasteiger partial charge in [-0.3, -0.25) is 4.79 Å². The van der Waals surface area contributed by atoms with Crippen LogP contribution in [-0.4, -0.2) is 29.5 Å². The molecule has 1 aromatic heterocycles. The first-order valence-electron chi connectivity index (χ1n) is 9.46. The van der Waals surface area contributed by atoms with Crippen molar-refractivity contribution in [3.63, 3.8) is 0 Å². The zero-order chi connectivity index (χ0) is 19.7. The first kappa shape index (κ1) is 18.1. The van der Waals surface area contributed by atoms with Crippen LogP contribution in [0.15, 0.2) is 48.5 Å². The second-order valence-electron chi connectivity index (χ2n) is 6.70. The van der Waals surface area contributed by atoms with Crippen molar-refractivity contribution in [1.82, 2.24) is 9.78 Å². The normalized spacial score (nSPS) is 12.2. The molecule has 0 spiro atoms. The highest BCUT2D eigenvalue weighted by molar-refractivity contribution is 6.06. The Morgan fingerprint density at radius 2 is 1.89 bits per heavy atom. The zero-order valence-electron chi connectivity index (χ0n) is 16.3. The number of nitrogens with zero attached hydrogens (tertiary/aromatic N) is 3. The molecule has 2 aromatic carbocycles. The zero-order valence-corrected chi connectivity index (χ0v) is 16.3. The van der Waals surface area contributed by atoms with Crippen LogP contribution in [0.1, 0.15) is 35.6 Å². The van der Waals surface area contributed by atoms with E-state index < -0.39 is 0 Å². The van der Waals surface area contributed by atoms with Gasteiger partial charge in [0.1, 0.15) is 0 Å². The number of carbonyl (C=O) groups is 1. The summed E-state index contributed by atoms with van der Waals surface area (Å²) in [7, 11) is 1.76. The largest absolute Gasteiger partial charge is 0.454 e. The Morgan fingerprint density at radius 1 is 1.07 bits per heavy atom. The molecule has 0 atom stereocenters. The van der Waals surface area contributed by atoms with Crippen LogP contribution in [0.4, 0.5) is 5.69 Å². The van der Waals surface area contributed by atoms with Gasteiger partial charge in [-0.25, -0.2) is 4.68 Å². The molecule has 0 N–H and O–H groups in total. The number of aromatic nitrogens is 2. The number of ether oxygens (including phenoxy) is 2. The fraction of sp³-hybridized carbons (Fsp3) is 0.273. The van der Waals surface area contributed by atoms with Crippen LogP contribution in [-0.2, 0) is 12.8 Å². The van der Waals surface area contributed by atoms with E-state index in [4.69, 9.17) is 9.47 Å². The molecule has 0 aliphatic carbocycles. The Bertz CT molecular complexity index is 1030. The Kier molecular flexibility index (Phi) is 4.77. The maximum Gasteiger partial charge on any atom is 0.258 e. The minimum Gasteiger partial charge on any atom is -0.454 e. The smallest absolute Gasteiger partial charge is 0.258 e. The third kappa shape index (κ3) is 3.22. The van der Waals surface area contributed by atoms with Crippen LogP contribution in [0.5, 0.6) is 11.5 Å². The molecular weight excluding hydrogens is 354 g/mol. The van der Waals surface area contributed by atoms with Crippen LogP contribution in [0, 0.1) is 0 Å². The van der Waals surface area contributed by atoms with Crippen LogP contribution in [0.2, 0.25) is 0 Å². The number of fused-ring (bicyclic) bond motifs is 1. The fourth-order valence-corrected chi connectivity index (χ4v) is 3.30. The highest BCUT2D eigenvalue weighted by Gasteiger charge is 2.19. The molecule has 144 valence electrons. The van der Waals surface area contributed by atoms with Gasteiger partial charge in [-0.1, -0.05) is 19.9 Å². The van der Waals surface area contributed by atoms with Gasteiger partial charge in [-0.05, 0) is 49.2 Å². The lowest BCUT2D eigenvalue weighted by atomic mass is 10.1. The van der Waals surface area contributed by atoms with Gasteiger partial charge in [-0.15, -0.1) is 0 Å². The second kappa shape index (κ2) is 7.38. The average Bonchev–Trinajstić information content (AvgIpc) is 3.38. The Morgan fingerprint density at radius 3 is 2.68 bits per heavy atom. The molecule has 1 aliphatic rings. The molecule has 3 aromatic rings. The summed E-state index contributed by atoms with van der Waals surface area (Å²) in [6.07, 6.45) is 1.76. The predicted molar refractivity (Wildman–Crippen MR) is 108 cm³/mol. The molecule has 0 unspecified atom stereocenters. The molecule has 0 fully saturated rings. The van der Waals surface area contributed by atoms with E-state index in [2.05, 4.69) is 25.0 Å². The number of carbonyl (C=O) groups excluding carboxylic acids is 1. The Labute approximate surface area is 164 Å². The number of hydrogen-bond donors (Lipinski definition) is 0. The maximum atomic E-state index is 13.1. The molecule has 0 saturated carbocycles. The summed E-state index contributed by atoms with van der Waals surface area (Å²) < 4.78 is 12.7. The van der Waals surface area contributed by atoms with Gasteiger partial charge < -0.3 is 14.4 Å². The summed E-state index contributed by atoms with van der Waals surface area (Å²) >= 11 is 0. The van der Waals surface area contributed by atoms with Gasteiger partial charge in [-0.2, -0.15) is 5.10 Å². The van der Waals surface area contributed by atoms with Crippen molar-refractivity contribution in [3.8, 4) is 17.2 Å². The van der Waals surface area contributed by atoms with Crippen LogP contribution in [0.3, 0.4) is 0 Å². The molecule has 0 saturated heterocycles. The van der Waals surface area contributed by atoms with Gasteiger partial charge in [0, 0.05) is 30.1 Å². The van der Waals surface area contributed by atoms with Crippen molar-refractivity contribution in [1.29, 1.82) is 0 Å². The first-order chi connectivity index (χ1) is 13.6. The Balaban J connectivity index is 1.64. The minimum absolute atomic E-state index is 0.0957. The minimum atomic E-state index is -0.0957. The van der Waals surface area contributed by atoms with Crippen molar-refractivity contribution < 1.29 is 14.3 Å². The molecule has 0 bridgehead atoms. The van der Waals surface area contributed by atoms with Crippen LogP contribution < -0.4 is 14.4 Å². The molecule has 1 amide bonds. The SMILES string of the molecule is CCc1cc(CC)n(-c2cccc(C(=O)N(C)c3ccc4c(c3)OCO4)c2)n1. The lowest BCUT2D eigenvalue weighted by Gasteiger charge is -2.18. The molecule has 1 aliphatic heterocycles. The van der Waals surface area contributed by atoms with Crippen molar-refractivity contribution >= 4 is 11.6 Å². The molecule has 2 heterocycles. The number of rotatable bonds is 5. The number of anilines is 1. The topological polar surface area (TPSA) is 56.6 Å². The first-order valence-corrected chi connectivity index (χ1v) is 9.46. The lowest BCUT2D eigenvalue weighted by molar-refractivity contribution is 0.0993. The fourth-order valence-electron chi connectivity index (χ4n) is 3.30. The summed E-state index contributed by atoms with van der Waals surface area (Å²) in [5.74, 6) is 1.26. The summed E-state index contributed by atoms with van der Waals surface area (Å²) in [5.41, 5.74) is 4.42. The van der Waals surface area contributed by atoms with Crippen molar-refractivity contribution in [2.24, 2.45) is 0 Å². The monoisotopic (exact) mass is 377 g/mol. The molecule has 4 rings (SSSR count). The van der Waals surface area contributed by atoms with Crippen molar-refractivity contribution in [2.45, 2.75) is 26.7 Å². The number of aryl methyl sites for hydroxylation is 2. The summed E-state index contributed by atoms with van der Waals surface area (Å²) in [5, 5.41) is 4.67. The molecule has 6 nitrogen and oxygen atoms in total. The van der Waals surface area contributed by atoms with Gasteiger partial charge in [0.2, 0.25) is 6.79 Å². The quantitative estimate of drug-likeness (QED) is 0.674. The predicted octanol–water partition coefficient (Wildman–Crippen LogP) is 4.00. The molecule has 28 heavy (non-hydrogen) atoms. The van der Waals surface area contributed by atoms with E-state index in [1.165, 1.54) is 0 Å². The van der Waals surface area contributed by atoms with Crippen molar-refractivity contribution in [3.05, 3.63) is 65.5 Å². The summed E-state index contributed by atoms with van der Waals surface area (Å²) in [4.78, 5) is 14.7. The van der Waals surface area contributed by atoms with E-state index >= 15 is 0 Å². The van der Waals surface area contributed by atoms with E-state index in [9.17, 15) is 4.79 Å². The van der Waals surface area contributed by atoms with Gasteiger partial charge in [0.25, 0.3) is 5.91 Å². The third-order valence-corrected chi connectivity index (χ3v) is 4.94. The van der Waals surface area contributed by atoms with E-state index in [1.54, 1.807) is 11.9 Å². The third-order valence-electron chi connectivity index (χ3n) is 4.94. The maximum absolute atomic E-state index is 13.1. The summed E-state index contributed by atoms with van der Waals surface area (Å²) in [6.45, 7) is 4.41. The highest BCUT2D eigenvalue weighted by atomic mass is 16.7. The van der Waals surface area contributed by atoms with Gasteiger partial charge in [0.15, 0.2) is 11.5 Å². The van der Waals surface area contributed by atoms with E-state index in [1.807, 2.05) is 47.1 Å². The molecule has 0 radical (unpaired) electrons. The average molecular weight is 377 g/mol. The number of benzene rings is 2. The second-order valence-corrected chi connectivity index (χ2v) is 6.70.